The molecule has 1 atom stereocenters. The molecule has 2 aromatic heterocycles. The molecule has 0 radical (unpaired) electrons. The van der Waals surface area contributed by atoms with Crippen LogP contribution in [0.3, 0.4) is 0 Å². The van der Waals surface area contributed by atoms with Gasteiger partial charge in [-0.25, -0.2) is 8.42 Å². The average molecular weight is 402 g/mol. The summed E-state index contributed by atoms with van der Waals surface area (Å²) in [6.45, 7) is 0.859. The van der Waals surface area contributed by atoms with Crippen LogP contribution in [-0.2, 0) is 10.0 Å². The van der Waals surface area contributed by atoms with E-state index < -0.39 is 10.0 Å². The van der Waals surface area contributed by atoms with Gasteiger partial charge in [0.25, 0.3) is 5.89 Å². The van der Waals surface area contributed by atoms with Crippen LogP contribution < -0.4 is 0 Å². The van der Waals surface area contributed by atoms with E-state index in [-0.39, 0.29) is 5.92 Å². The maximum absolute atomic E-state index is 12.7. The Morgan fingerprint density at radius 2 is 2.00 bits per heavy atom. The van der Waals surface area contributed by atoms with E-state index in [0.717, 1.165) is 23.3 Å². The highest BCUT2D eigenvalue weighted by molar-refractivity contribution is 7.92. The first-order chi connectivity index (χ1) is 13.1. The number of sulfonamides is 1. The second-order valence-corrected chi connectivity index (χ2v) is 9.14. The first kappa shape index (κ1) is 18.1. The predicted molar refractivity (Wildman–Crippen MR) is 106 cm³/mol. The van der Waals surface area contributed by atoms with Gasteiger partial charge in [0.15, 0.2) is 0 Å². The van der Waals surface area contributed by atoms with Crippen LogP contribution in [0, 0.1) is 0 Å². The van der Waals surface area contributed by atoms with Gasteiger partial charge < -0.3 is 4.42 Å². The van der Waals surface area contributed by atoms with Gasteiger partial charge in [0, 0.05) is 18.5 Å². The lowest BCUT2D eigenvalue weighted by Crippen LogP contribution is -2.38. The third kappa shape index (κ3) is 4.18. The summed E-state index contributed by atoms with van der Waals surface area (Å²) in [6, 6.07) is 13.3. The van der Waals surface area contributed by atoms with Gasteiger partial charge in [-0.3, -0.25) is 0 Å². The molecule has 8 heteroatoms. The van der Waals surface area contributed by atoms with E-state index in [4.69, 9.17) is 4.42 Å². The Kier molecular flexibility index (Phi) is 5.20. The van der Waals surface area contributed by atoms with Crippen molar-refractivity contribution >= 4 is 27.4 Å². The van der Waals surface area contributed by atoms with Crippen LogP contribution in [0.4, 0.5) is 0 Å². The molecule has 0 amide bonds. The first-order valence-electron chi connectivity index (χ1n) is 8.72. The lowest BCUT2D eigenvalue weighted by atomic mass is 10.00. The second kappa shape index (κ2) is 7.75. The van der Waals surface area contributed by atoms with Crippen molar-refractivity contribution in [2.75, 3.05) is 13.1 Å². The van der Waals surface area contributed by atoms with E-state index >= 15 is 0 Å². The number of rotatable bonds is 5. The summed E-state index contributed by atoms with van der Waals surface area (Å²) >= 11 is 1.53. The molecule has 1 aliphatic heterocycles. The molecule has 1 saturated heterocycles. The average Bonchev–Trinajstić information content (AvgIpc) is 3.39. The Morgan fingerprint density at radius 1 is 1.15 bits per heavy atom. The van der Waals surface area contributed by atoms with Gasteiger partial charge in [0.2, 0.25) is 15.9 Å². The van der Waals surface area contributed by atoms with Crippen LogP contribution >= 0.6 is 11.3 Å². The highest BCUT2D eigenvalue weighted by Gasteiger charge is 2.31. The maximum Gasteiger partial charge on any atom is 0.257 e. The molecule has 27 heavy (non-hydrogen) atoms. The van der Waals surface area contributed by atoms with E-state index in [9.17, 15) is 8.42 Å². The number of aromatic nitrogens is 2. The molecule has 0 N–H and O–H groups in total. The fraction of sp³-hybridized carbons (Fsp3) is 0.263. The summed E-state index contributed by atoms with van der Waals surface area (Å²) < 4.78 is 32.7. The number of nitrogens with zero attached hydrogens (tertiary/aromatic N) is 3. The van der Waals surface area contributed by atoms with E-state index in [1.807, 2.05) is 47.8 Å². The summed E-state index contributed by atoms with van der Waals surface area (Å²) in [5.74, 6) is 0.911. The Labute approximate surface area is 162 Å². The monoisotopic (exact) mass is 401 g/mol. The predicted octanol–water partition coefficient (Wildman–Crippen LogP) is 3.98. The number of hydrogen-bond donors (Lipinski definition) is 0. The van der Waals surface area contributed by atoms with Crippen molar-refractivity contribution in [1.29, 1.82) is 0 Å². The third-order valence-electron chi connectivity index (χ3n) is 4.50. The lowest BCUT2D eigenvalue weighted by molar-refractivity contribution is 0.288. The molecule has 1 unspecified atom stereocenters. The second-order valence-electron chi connectivity index (χ2n) is 6.38. The summed E-state index contributed by atoms with van der Waals surface area (Å²) in [6.07, 6.45) is 3.22. The molecule has 3 aromatic rings. The van der Waals surface area contributed by atoms with Gasteiger partial charge in [0.05, 0.1) is 10.8 Å². The standard InChI is InChI=1S/C19H19N3O3S2/c23-27(24,13-10-15-6-2-1-3-7-15)22-11-4-8-16(14-22)18-20-21-19(25-18)17-9-5-12-26-17/h1-3,5-7,9-10,12-13,16H,4,8,11,14H2. The largest absolute Gasteiger partial charge is 0.420 e. The van der Waals surface area contributed by atoms with Gasteiger partial charge in [-0.05, 0) is 35.9 Å². The molecule has 0 bridgehead atoms. The Hall–Kier alpha value is -2.29. The Bertz CT molecular complexity index is 1010. The summed E-state index contributed by atoms with van der Waals surface area (Å²) in [7, 11) is -3.49. The molecule has 0 spiro atoms. The van der Waals surface area contributed by atoms with Crippen molar-refractivity contribution in [3.05, 3.63) is 64.7 Å². The molecule has 0 aliphatic carbocycles. The molecule has 4 rings (SSSR count). The number of benzene rings is 1. The van der Waals surface area contributed by atoms with Gasteiger partial charge in [-0.1, -0.05) is 36.4 Å². The Morgan fingerprint density at radius 3 is 2.78 bits per heavy atom. The molecule has 140 valence electrons. The van der Waals surface area contributed by atoms with Gasteiger partial charge >= 0.3 is 0 Å². The Balaban J connectivity index is 1.48. The van der Waals surface area contributed by atoms with Crippen LogP contribution in [0.25, 0.3) is 16.8 Å². The van der Waals surface area contributed by atoms with E-state index in [2.05, 4.69) is 10.2 Å². The van der Waals surface area contributed by atoms with Crippen molar-refractivity contribution in [1.82, 2.24) is 14.5 Å². The van der Waals surface area contributed by atoms with Crippen LogP contribution in [-0.4, -0.2) is 36.0 Å². The fourth-order valence-electron chi connectivity index (χ4n) is 3.09. The SMILES string of the molecule is O=S(=O)(C=Cc1ccccc1)N1CCCC(c2nnc(-c3cccs3)o2)C1. The smallest absolute Gasteiger partial charge is 0.257 e. The van der Waals surface area contributed by atoms with E-state index in [1.165, 1.54) is 21.1 Å². The molecular formula is C19H19N3O3S2. The molecule has 1 aromatic carbocycles. The fourth-order valence-corrected chi connectivity index (χ4v) is 5.01. The zero-order chi connectivity index (χ0) is 18.7. The molecule has 6 nitrogen and oxygen atoms in total. The topological polar surface area (TPSA) is 76.3 Å². The van der Waals surface area contributed by atoms with Crippen molar-refractivity contribution in [3.8, 4) is 10.8 Å². The summed E-state index contributed by atoms with van der Waals surface area (Å²) in [5, 5.41) is 11.5. The number of thiophene rings is 1. The highest BCUT2D eigenvalue weighted by Crippen LogP contribution is 2.31. The number of hydrogen-bond acceptors (Lipinski definition) is 6. The van der Waals surface area contributed by atoms with Crippen molar-refractivity contribution in [2.24, 2.45) is 0 Å². The van der Waals surface area contributed by atoms with Gasteiger partial charge in [-0.15, -0.1) is 21.5 Å². The minimum Gasteiger partial charge on any atom is -0.420 e. The van der Waals surface area contributed by atoms with Crippen LogP contribution in [0.5, 0.6) is 0 Å². The van der Waals surface area contributed by atoms with Crippen LogP contribution in [0.1, 0.15) is 30.2 Å². The zero-order valence-electron chi connectivity index (χ0n) is 14.6. The van der Waals surface area contributed by atoms with Crippen molar-refractivity contribution in [3.63, 3.8) is 0 Å². The zero-order valence-corrected chi connectivity index (χ0v) is 16.2. The van der Waals surface area contributed by atoms with Crippen molar-refractivity contribution < 1.29 is 12.8 Å². The molecule has 1 aliphatic rings. The third-order valence-corrected chi connectivity index (χ3v) is 6.89. The van der Waals surface area contributed by atoms with Crippen molar-refractivity contribution in [2.45, 2.75) is 18.8 Å². The van der Waals surface area contributed by atoms with Crippen LogP contribution in [0.15, 0.2) is 57.7 Å². The van der Waals surface area contributed by atoms with E-state index in [0.29, 0.717) is 24.9 Å². The number of piperidine rings is 1. The van der Waals surface area contributed by atoms with Gasteiger partial charge in [0.1, 0.15) is 0 Å². The van der Waals surface area contributed by atoms with E-state index in [1.54, 1.807) is 6.08 Å². The summed E-state index contributed by atoms with van der Waals surface area (Å²) in [4.78, 5) is 0.917. The van der Waals surface area contributed by atoms with Crippen LogP contribution in [0.2, 0.25) is 0 Å². The summed E-state index contributed by atoms with van der Waals surface area (Å²) in [5.41, 5.74) is 0.854. The molecular weight excluding hydrogens is 382 g/mol. The minimum atomic E-state index is -3.49. The minimum absolute atomic E-state index is 0.0835. The quantitative estimate of drug-likeness (QED) is 0.646. The normalized spacial score (nSPS) is 18.9. The lowest BCUT2D eigenvalue weighted by Gasteiger charge is -2.29. The molecule has 0 saturated carbocycles. The molecule has 3 heterocycles. The first-order valence-corrected chi connectivity index (χ1v) is 11.1. The van der Waals surface area contributed by atoms with Gasteiger partial charge in [-0.2, -0.15) is 4.31 Å². The molecule has 1 fully saturated rings. The maximum atomic E-state index is 12.7. The highest BCUT2D eigenvalue weighted by atomic mass is 32.2.